The number of nitrogens with zero attached hydrogens (tertiary/aromatic N) is 4. The molecule has 0 atom stereocenters. The summed E-state index contributed by atoms with van der Waals surface area (Å²) in [6.07, 6.45) is 6.08. The van der Waals surface area contributed by atoms with Gasteiger partial charge in [-0.15, -0.1) is 0 Å². The van der Waals surface area contributed by atoms with Gasteiger partial charge in [0.2, 0.25) is 0 Å². The average molecular weight is 451 g/mol. The third-order valence-corrected chi connectivity index (χ3v) is 8.47. The van der Waals surface area contributed by atoms with Crippen LogP contribution in [0.1, 0.15) is 25.7 Å². The van der Waals surface area contributed by atoms with Gasteiger partial charge in [0.15, 0.2) is 0 Å². The summed E-state index contributed by atoms with van der Waals surface area (Å²) in [6, 6.07) is 17.5. The molecule has 0 spiro atoms. The maximum Gasteiger partial charge on any atom is 0.265 e. The summed E-state index contributed by atoms with van der Waals surface area (Å²) in [5.41, 5.74) is 0.837. The van der Waals surface area contributed by atoms with Crippen molar-refractivity contribution >= 4 is 32.3 Å². The largest absolute Gasteiger partial charge is 0.354 e. The third kappa shape index (κ3) is 4.07. The highest BCUT2D eigenvalue weighted by Gasteiger charge is 2.34. The second-order valence-corrected chi connectivity index (χ2v) is 10.5. The second-order valence-electron chi connectivity index (χ2n) is 8.64. The van der Waals surface area contributed by atoms with Crippen LogP contribution in [-0.2, 0) is 10.0 Å². The zero-order valence-corrected chi connectivity index (χ0v) is 19.2. The lowest BCUT2D eigenvalue weighted by Crippen LogP contribution is -2.46. The van der Waals surface area contributed by atoms with Gasteiger partial charge in [0.25, 0.3) is 10.0 Å². The number of anilines is 2. The molecular formula is C25H30N4O2S. The lowest BCUT2D eigenvalue weighted by molar-refractivity contribution is 0.251. The van der Waals surface area contributed by atoms with Crippen LogP contribution in [0.25, 0.3) is 10.8 Å². The Bertz CT molecular complexity index is 1170. The van der Waals surface area contributed by atoms with Gasteiger partial charge < -0.3 is 4.90 Å². The van der Waals surface area contributed by atoms with Gasteiger partial charge in [-0.1, -0.05) is 43.2 Å². The fraction of sp³-hybridized carbons (Fsp3) is 0.400. The minimum atomic E-state index is -3.42. The molecule has 1 saturated heterocycles. The van der Waals surface area contributed by atoms with Gasteiger partial charge >= 0.3 is 0 Å². The van der Waals surface area contributed by atoms with Crippen LogP contribution in [0, 0.1) is 0 Å². The molecule has 0 unspecified atom stereocenters. The van der Waals surface area contributed by atoms with Gasteiger partial charge in [0.05, 0.1) is 10.6 Å². The number of piperazine rings is 1. The molecule has 1 fully saturated rings. The Labute approximate surface area is 190 Å². The van der Waals surface area contributed by atoms with E-state index in [1.54, 1.807) is 10.4 Å². The molecule has 7 heteroatoms. The van der Waals surface area contributed by atoms with E-state index < -0.39 is 10.0 Å². The Morgan fingerprint density at radius 3 is 2.28 bits per heavy atom. The first-order valence-corrected chi connectivity index (χ1v) is 13.0. The molecule has 0 saturated carbocycles. The molecule has 0 amide bonds. The van der Waals surface area contributed by atoms with Crippen LogP contribution in [0.4, 0.5) is 11.5 Å². The molecular weight excluding hydrogens is 420 g/mol. The lowest BCUT2D eigenvalue weighted by Gasteiger charge is -2.35. The van der Waals surface area contributed by atoms with Crippen LogP contribution in [0.3, 0.4) is 0 Å². The van der Waals surface area contributed by atoms with E-state index >= 15 is 0 Å². The lowest BCUT2D eigenvalue weighted by atomic mass is 10.1. The molecule has 0 aliphatic carbocycles. The SMILES string of the molecule is O=S1(=O)c2cccc3cccc(c23)N1CCCCCCN1CCN(c2ccccn2)CC1. The van der Waals surface area contributed by atoms with Gasteiger partial charge in [0, 0.05) is 44.3 Å². The van der Waals surface area contributed by atoms with Crippen LogP contribution in [0.2, 0.25) is 0 Å². The van der Waals surface area contributed by atoms with Crippen molar-refractivity contribution in [3.8, 4) is 0 Å². The maximum atomic E-state index is 13.0. The summed E-state index contributed by atoms with van der Waals surface area (Å²) in [5, 5.41) is 1.87. The molecule has 2 aliphatic heterocycles. The van der Waals surface area contributed by atoms with Crippen molar-refractivity contribution in [3.63, 3.8) is 0 Å². The van der Waals surface area contributed by atoms with Crippen LogP contribution in [0.15, 0.2) is 65.7 Å². The Morgan fingerprint density at radius 2 is 1.53 bits per heavy atom. The topological polar surface area (TPSA) is 56.8 Å². The number of sulfonamides is 1. The average Bonchev–Trinajstić information content (AvgIpc) is 3.05. The number of hydrogen-bond acceptors (Lipinski definition) is 5. The summed E-state index contributed by atoms with van der Waals surface area (Å²) in [5.74, 6) is 1.07. The molecule has 1 aromatic heterocycles. The number of pyridine rings is 1. The number of benzene rings is 2. The molecule has 2 aromatic carbocycles. The molecule has 168 valence electrons. The minimum absolute atomic E-state index is 0.454. The van der Waals surface area contributed by atoms with Crippen LogP contribution >= 0.6 is 0 Å². The highest BCUT2D eigenvalue weighted by Crippen LogP contribution is 2.42. The molecule has 3 heterocycles. The number of hydrogen-bond donors (Lipinski definition) is 0. The summed E-state index contributed by atoms with van der Waals surface area (Å²) < 4.78 is 27.7. The Kier molecular flexibility index (Phi) is 6.02. The number of aromatic nitrogens is 1. The highest BCUT2D eigenvalue weighted by atomic mass is 32.2. The fourth-order valence-electron chi connectivity index (χ4n) is 4.88. The van der Waals surface area contributed by atoms with Crippen molar-refractivity contribution in [1.29, 1.82) is 0 Å². The van der Waals surface area contributed by atoms with Crippen molar-refractivity contribution in [2.75, 3.05) is 48.5 Å². The van der Waals surface area contributed by atoms with E-state index in [0.717, 1.165) is 80.7 Å². The van der Waals surface area contributed by atoms with E-state index in [9.17, 15) is 8.42 Å². The van der Waals surface area contributed by atoms with Gasteiger partial charge in [0.1, 0.15) is 5.82 Å². The molecule has 0 bridgehead atoms. The van der Waals surface area contributed by atoms with Gasteiger partial charge in [-0.3, -0.25) is 9.21 Å². The standard InChI is InChI=1S/C25H30N4O2S/c30-32(31)23-12-8-10-21-9-7-11-22(25(21)23)29(32)16-6-2-1-5-15-27-17-19-28(20-18-27)24-13-3-4-14-26-24/h3-4,7-14H,1-2,5-6,15-20H2. The minimum Gasteiger partial charge on any atom is -0.354 e. The van der Waals surface area contributed by atoms with E-state index in [1.807, 2.05) is 48.7 Å². The smallest absolute Gasteiger partial charge is 0.265 e. The molecule has 6 nitrogen and oxygen atoms in total. The maximum absolute atomic E-state index is 13.0. The van der Waals surface area contributed by atoms with Crippen molar-refractivity contribution in [2.24, 2.45) is 0 Å². The zero-order valence-electron chi connectivity index (χ0n) is 18.4. The number of rotatable bonds is 8. The molecule has 3 aromatic rings. The third-order valence-electron chi connectivity index (χ3n) is 6.61. The summed E-state index contributed by atoms with van der Waals surface area (Å²) in [4.78, 5) is 9.79. The molecule has 5 rings (SSSR count). The Balaban J connectivity index is 1.06. The van der Waals surface area contributed by atoms with E-state index in [2.05, 4.69) is 20.9 Å². The van der Waals surface area contributed by atoms with E-state index in [1.165, 1.54) is 0 Å². The zero-order chi connectivity index (χ0) is 22.0. The van der Waals surface area contributed by atoms with Crippen LogP contribution in [0.5, 0.6) is 0 Å². The highest BCUT2D eigenvalue weighted by molar-refractivity contribution is 7.93. The van der Waals surface area contributed by atoms with Gasteiger partial charge in [-0.25, -0.2) is 13.4 Å². The van der Waals surface area contributed by atoms with Gasteiger partial charge in [-0.05, 0) is 49.0 Å². The Morgan fingerprint density at radius 1 is 0.781 bits per heavy atom. The predicted octanol–water partition coefficient (Wildman–Crippen LogP) is 4.13. The van der Waals surface area contributed by atoms with Crippen LogP contribution < -0.4 is 9.21 Å². The van der Waals surface area contributed by atoms with Crippen molar-refractivity contribution in [2.45, 2.75) is 30.6 Å². The van der Waals surface area contributed by atoms with Crippen molar-refractivity contribution < 1.29 is 8.42 Å². The monoisotopic (exact) mass is 450 g/mol. The first-order valence-electron chi connectivity index (χ1n) is 11.6. The van der Waals surface area contributed by atoms with E-state index in [-0.39, 0.29) is 0 Å². The summed E-state index contributed by atoms with van der Waals surface area (Å²) in [7, 11) is -3.42. The first kappa shape index (κ1) is 21.2. The molecule has 32 heavy (non-hydrogen) atoms. The predicted molar refractivity (Wildman–Crippen MR) is 130 cm³/mol. The summed E-state index contributed by atoms with van der Waals surface area (Å²) in [6.45, 7) is 5.86. The van der Waals surface area contributed by atoms with Crippen molar-refractivity contribution in [1.82, 2.24) is 9.88 Å². The van der Waals surface area contributed by atoms with E-state index in [0.29, 0.717) is 11.4 Å². The summed E-state index contributed by atoms with van der Waals surface area (Å²) >= 11 is 0. The van der Waals surface area contributed by atoms with Gasteiger partial charge in [-0.2, -0.15) is 0 Å². The number of unbranched alkanes of at least 4 members (excludes halogenated alkanes) is 3. The molecule has 2 aliphatic rings. The van der Waals surface area contributed by atoms with Crippen LogP contribution in [-0.4, -0.2) is 57.6 Å². The quantitative estimate of drug-likeness (QED) is 0.483. The fourth-order valence-corrected chi connectivity index (χ4v) is 6.63. The second kappa shape index (κ2) is 9.08. The Hall–Kier alpha value is -2.64. The normalized spacial score (nSPS) is 17.9. The van der Waals surface area contributed by atoms with E-state index in [4.69, 9.17) is 0 Å². The van der Waals surface area contributed by atoms with Crippen molar-refractivity contribution in [3.05, 3.63) is 60.8 Å². The molecule has 0 radical (unpaired) electrons. The molecule has 0 N–H and O–H groups in total. The first-order chi connectivity index (χ1) is 15.6.